The molecule has 0 radical (unpaired) electrons. The van der Waals surface area contributed by atoms with Crippen LogP contribution in [0.3, 0.4) is 0 Å². The van der Waals surface area contributed by atoms with Crippen LogP contribution in [0.15, 0.2) is 24.3 Å². The molecule has 1 nitrogen and oxygen atoms in total. The van der Waals surface area contributed by atoms with E-state index < -0.39 is 0 Å². The first-order chi connectivity index (χ1) is 6.36. The van der Waals surface area contributed by atoms with Crippen molar-refractivity contribution in [1.29, 1.82) is 0 Å². The van der Waals surface area contributed by atoms with Gasteiger partial charge in [-0.15, -0.1) is 12.4 Å². The van der Waals surface area contributed by atoms with Gasteiger partial charge in [0.15, 0.2) is 0 Å². The molecule has 0 aliphatic carbocycles. The van der Waals surface area contributed by atoms with Gasteiger partial charge in [-0.05, 0) is 17.7 Å². The number of hydrogen-bond acceptors (Lipinski definition) is 2. The second kappa shape index (κ2) is 5.86. The van der Waals surface area contributed by atoms with Crippen LogP contribution >= 0.6 is 35.8 Å². The Morgan fingerprint density at radius 1 is 1.29 bits per heavy atom. The molecule has 14 heavy (non-hydrogen) atoms. The van der Waals surface area contributed by atoms with Gasteiger partial charge in [0.1, 0.15) is 0 Å². The van der Waals surface area contributed by atoms with Crippen molar-refractivity contribution in [2.24, 2.45) is 0 Å². The molecular formula is C10H13Cl2NS. The second-order valence-electron chi connectivity index (χ2n) is 3.13. The normalized spacial score (nSPS) is 21.4. The Hall–Kier alpha value is 0.110. The van der Waals surface area contributed by atoms with Gasteiger partial charge in [-0.3, -0.25) is 0 Å². The maximum atomic E-state index is 5.82. The van der Waals surface area contributed by atoms with Gasteiger partial charge in [0.2, 0.25) is 0 Å². The molecule has 1 fully saturated rings. The van der Waals surface area contributed by atoms with Crippen molar-refractivity contribution < 1.29 is 0 Å². The average molecular weight is 250 g/mol. The third-order valence-electron chi connectivity index (χ3n) is 2.19. The molecule has 1 N–H and O–H groups in total. The topological polar surface area (TPSA) is 12.0 Å². The van der Waals surface area contributed by atoms with Crippen molar-refractivity contribution in [3.05, 3.63) is 34.9 Å². The van der Waals surface area contributed by atoms with Crippen molar-refractivity contribution in [1.82, 2.24) is 5.32 Å². The third-order valence-corrected chi connectivity index (χ3v) is 3.51. The molecule has 1 heterocycles. The minimum Gasteiger partial charge on any atom is -0.308 e. The Balaban J connectivity index is 0.000000980. The van der Waals surface area contributed by atoms with Crippen molar-refractivity contribution in [3.8, 4) is 0 Å². The van der Waals surface area contributed by atoms with Crippen LogP contribution in [0.2, 0.25) is 5.02 Å². The van der Waals surface area contributed by atoms with E-state index in [9.17, 15) is 0 Å². The van der Waals surface area contributed by atoms with Crippen molar-refractivity contribution >= 4 is 35.8 Å². The van der Waals surface area contributed by atoms with E-state index in [0.29, 0.717) is 6.04 Å². The van der Waals surface area contributed by atoms with Gasteiger partial charge in [0.05, 0.1) is 0 Å². The summed E-state index contributed by atoms with van der Waals surface area (Å²) in [5.74, 6) is 2.39. The molecule has 1 aliphatic heterocycles. The Labute approximate surface area is 100 Å². The fraction of sp³-hybridized carbons (Fsp3) is 0.400. The molecular weight excluding hydrogens is 237 g/mol. The molecule has 0 aromatic heterocycles. The minimum atomic E-state index is 0. The van der Waals surface area contributed by atoms with Gasteiger partial charge in [-0.2, -0.15) is 11.8 Å². The van der Waals surface area contributed by atoms with E-state index >= 15 is 0 Å². The van der Waals surface area contributed by atoms with Gasteiger partial charge < -0.3 is 5.32 Å². The van der Waals surface area contributed by atoms with Crippen LogP contribution < -0.4 is 5.32 Å². The first-order valence-corrected chi connectivity index (χ1v) is 5.96. The van der Waals surface area contributed by atoms with E-state index in [1.165, 1.54) is 17.1 Å². The highest BCUT2D eigenvalue weighted by molar-refractivity contribution is 7.99. The zero-order valence-electron chi connectivity index (χ0n) is 7.70. The summed E-state index contributed by atoms with van der Waals surface area (Å²) in [5.41, 5.74) is 1.34. The maximum Gasteiger partial charge on any atom is 0.0412 e. The van der Waals surface area contributed by atoms with E-state index in [-0.39, 0.29) is 12.4 Å². The van der Waals surface area contributed by atoms with Crippen LogP contribution in [0.4, 0.5) is 0 Å². The maximum absolute atomic E-state index is 5.82. The molecule has 0 saturated carbocycles. The minimum absolute atomic E-state index is 0. The molecule has 1 atom stereocenters. The third kappa shape index (κ3) is 3.06. The lowest BCUT2D eigenvalue weighted by molar-refractivity contribution is 0.595. The summed E-state index contributed by atoms with van der Waals surface area (Å²) >= 11 is 7.83. The van der Waals surface area contributed by atoms with Crippen LogP contribution in [-0.4, -0.2) is 18.1 Å². The van der Waals surface area contributed by atoms with E-state index in [1.807, 2.05) is 23.9 Å². The van der Waals surface area contributed by atoms with Crippen LogP contribution in [0.25, 0.3) is 0 Å². The highest BCUT2D eigenvalue weighted by Crippen LogP contribution is 2.22. The van der Waals surface area contributed by atoms with E-state index in [1.54, 1.807) is 0 Å². The van der Waals surface area contributed by atoms with Gasteiger partial charge in [0.25, 0.3) is 0 Å². The largest absolute Gasteiger partial charge is 0.308 e. The predicted molar refractivity (Wildman–Crippen MR) is 66.8 cm³/mol. The summed E-state index contributed by atoms with van der Waals surface area (Å²) in [5, 5.41) is 4.30. The molecule has 0 amide bonds. The summed E-state index contributed by atoms with van der Waals surface area (Å²) in [6.45, 7) is 1.11. The molecule has 0 spiro atoms. The summed E-state index contributed by atoms with van der Waals surface area (Å²) in [7, 11) is 0. The zero-order valence-corrected chi connectivity index (χ0v) is 10.1. The van der Waals surface area contributed by atoms with E-state index in [4.69, 9.17) is 11.6 Å². The van der Waals surface area contributed by atoms with E-state index in [2.05, 4.69) is 17.4 Å². The molecule has 1 unspecified atom stereocenters. The van der Waals surface area contributed by atoms with Crippen molar-refractivity contribution in [2.75, 3.05) is 18.1 Å². The summed E-state index contributed by atoms with van der Waals surface area (Å²) in [4.78, 5) is 0. The number of nitrogens with one attached hydrogen (secondary N) is 1. The van der Waals surface area contributed by atoms with Crippen LogP contribution in [0.1, 0.15) is 11.6 Å². The molecule has 1 aromatic rings. The Morgan fingerprint density at radius 3 is 2.57 bits per heavy atom. The smallest absolute Gasteiger partial charge is 0.0412 e. The number of benzene rings is 1. The quantitative estimate of drug-likeness (QED) is 0.821. The zero-order chi connectivity index (χ0) is 9.10. The van der Waals surface area contributed by atoms with Crippen LogP contribution in [0, 0.1) is 0 Å². The lowest BCUT2D eigenvalue weighted by Crippen LogP contribution is -2.30. The summed E-state index contributed by atoms with van der Waals surface area (Å²) in [6.07, 6.45) is 0. The van der Waals surface area contributed by atoms with Gasteiger partial charge in [0, 0.05) is 29.1 Å². The predicted octanol–water partition coefficient (Wildman–Crippen LogP) is 3.14. The van der Waals surface area contributed by atoms with Crippen LogP contribution in [-0.2, 0) is 0 Å². The SMILES string of the molecule is Cl.Clc1ccc(C2CSCCN2)cc1. The number of halogens is 2. The molecule has 0 bridgehead atoms. The molecule has 4 heteroatoms. The lowest BCUT2D eigenvalue weighted by atomic mass is 10.1. The molecule has 1 saturated heterocycles. The Morgan fingerprint density at radius 2 is 2.00 bits per heavy atom. The molecule has 78 valence electrons. The fourth-order valence-corrected chi connectivity index (χ4v) is 2.58. The average Bonchev–Trinajstić information content (AvgIpc) is 2.20. The Kier molecular flexibility index (Phi) is 5.10. The molecule has 1 aromatic carbocycles. The second-order valence-corrected chi connectivity index (χ2v) is 4.72. The fourth-order valence-electron chi connectivity index (χ4n) is 1.47. The number of rotatable bonds is 1. The summed E-state index contributed by atoms with van der Waals surface area (Å²) < 4.78 is 0. The number of hydrogen-bond donors (Lipinski definition) is 1. The lowest BCUT2D eigenvalue weighted by Gasteiger charge is -2.23. The highest BCUT2D eigenvalue weighted by atomic mass is 35.5. The van der Waals surface area contributed by atoms with E-state index in [0.717, 1.165) is 11.6 Å². The van der Waals surface area contributed by atoms with Crippen LogP contribution in [0.5, 0.6) is 0 Å². The van der Waals surface area contributed by atoms with Gasteiger partial charge in [-0.1, -0.05) is 23.7 Å². The number of thioether (sulfide) groups is 1. The van der Waals surface area contributed by atoms with Gasteiger partial charge >= 0.3 is 0 Å². The van der Waals surface area contributed by atoms with Crippen molar-refractivity contribution in [2.45, 2.75) is 6.04 Å². The van der Waals surface area contributed by atoms with Crippen molar-refractivity contribution in [3.63, 3.8) is 0 Å². The Bertz CT molecular complexity index is 270. The monoisotopic (exact) mass is 249 g/mol. The van der Waals surface area contributed by atoms with Gasteiger partial charge in [-0.25, -0.2) is 0 Å². The standard InChI is InChI=1S/C10H12ClNS.ClH/c11-9-3-1-8(2-4-9)10-7-13-6-5-12-10;/h1-4,10,12H,5-7H2;1H. The first kappa shape index (κ1) is 12.2. The molecule has 1 aliphatic rings. The highest BCUT2D eigenvalue weighted by Gasteiger charge is 2.14. The summed E-state index contributed by atoms with van der Waals surface area (Å²) in [6, 6.07) is 8.63. The first-order valence-electron chi connectivity index (χ1n) is 4.43. The molecule has 2 rings (SSSR count).